The molecule has 126 valence electrons. The maximum absolute atomic E-state index is 12.5. The highest BCUT2D eigenvalue weighted by molar-refractivity contribution is 14.0. The van der Waals surface area contributed by atoms with Gasteiger partial charge in [-0.25, -0.2) is 4.99 Å². The third-order valence-electron chi connectivity index (χ3n) is 3.04. The molecule has 0 aromatic heterocycles. The van der Waals surface area contributed by atoms with Gasteiger partial charge in [0.2, 0.25) is 0 Å². The fourth-order valence-corrected chi connectivity index (χ4v) is 1.62. The molecule has 3 nitrogen and oxygen atoms in total. The molecule has 0 fully saturated rings. The van der Waals surface area contributed by atoms with Crippen molar-refractivity contribution < 1.29 is 13.2 Å². The van der Waals surface area contributed by atoms with E-state index in [1.807, 2.05) is 13.8 Å². The molecule has 22 heavy (non-hydrogen) atoms. The van der Waals surface area contributed by atoms with E-state index < -0.39 is 11.7 Å². The van der Waals surface area contributed by atoms with Gasteiger partial charge in [-0.2, -0.15) is 13.2 Å². The Morgan fingerprint density at radius 2 is 1.77 bits per heavy atom. The summed E-state index contributed by atoms with van der Waals surface area (Å²) in [6.07, 6.45) is -3.33. The summed E-state index contributed by atoms with van der Waals surface area (Å²) in [5.74, 6) is 0.673. The van der Waals surface area contributed by atoms with Crippen LogP contribution < -0.4 is 10.6 Å². The van der Waals surface area contributed by atoms with Gasteiger partial charge < -0.3 is 10.6 Å². The molecule has 0 bridgehead atoms. The van der Waals surface area contributed by atoms with E-state index in [0.29, 0.717) is 12.5 Å². The van der Waals surface area contributed by atoms with Gasteiger partial charge in [0.15, 0.2) is 5.96 Å². The predicted molar refractivity (Wildman–Crippen MR) is 94.6 cm³/mol. The Balaban J connectivity index is 0.00000441. The van der Waals surface area contributed by atoms with Gasteiger partial charge in [-0.15, -0.1) is 24.0 Å². The Morgan fingerprint density at radius 1 is 1.18 bits per heavy atom. The van der Waals surface area contributed by atoms with E-state index in [-0.39, 0.29) is 30.0 Å². The second kappa shape index (κ2) is 9.91. The molecule has 1 aromatic carbocycles. The fourth-order valence-electron chi connectivity index (χ4n) is 1.62. The number of benzene rings is 1. The van der Waals surface area contributed by atoms with Crippen molar-refractivity contribution in [1.82, 2.24) is 10.6 Å². The topological polar surface area (TPSA) is 36.4 Å². The standard InChI is InChI=1S/C15H22F3N3.HI/c1-4-11(3)21-14(19-5-2)20-10-12-6-8-13(9-7-12)15(16,17)18;/h6-9,11H,4-5,10H2,1-3H3,(H2,19,20,21);1H. The largest absolute Gasteiger partial charge is 0.416 e. The lowest BCUT2D eigenvalue weighted by Crippen LogP contribution is -2.41. The van der Waals surface area contributed by atoms with Crippen molar-refractivity contribution in [2.75, 3.05) is 6.54 Å². The minimum Gasteiger partial charge on any atom is -0.357 e. The van der Waals surface area contributed by atoms with Crippen LogP contribution in [0.3, 0.4) is 0 Å². The number of nitrogens with zero attached hydrogens (tertiary/aromatic N) is 1. The van der Waals surface area contributed by atoms with Gasteiger partial charge >= 0.3 is 6.18 Å². The zero-order chi connectivity index (χ0) is 15.9. The molecule has 1 atom stereocenters. The summed E-state index contributed by atoms with van der Waals surface area (Å²) >= 11 is 0. The number of halogens is 4. The van der Waals surface area contributed by atoms with Crippen LogP contribution in [0.4, 0.5) is 13.2 Å². The van der Waals surface area contributed by atoms with Gasteiger partial charge in [-0.3, -0.25) is 0 Å². The van der Waals surface area contributed by atoms with Crippen molar-refractivity contribution in [3.05, 3.63) is 35.4 Å². The maximum Gasteiger partial charge on any atom is 0.416 e. The molecule has 0 amide bonds. The highest BCUT2D eigenvalue weighted by Crippen LogP contribution is 2.29. The van der Waals surface area contributed by atoms with Crippen LogP contribution in [0.1, 0.15) is 38.3 Å². The molecule has 0 aliphatic carbocycles. The lowest BCUT2D eigenvalue weighted by molar-refractivity contribution is -0.137. The third-order valence-corrected chi connectivity index (χ3v) is 3.04. The molecular formula is C15H23F3IN3. The number of hydrogen-bond donors (Lipinski definition) is 2. The number of alkyl halides is 3. The summed E-state index contributed by atoms with van der Waals surface area (Å²) < 4.78 is 37.4. The molecule has 0 aliphatic heterocycles. The number of hydrogen-bond acceptors (Lipinski definition) is 1. The van der Waals surface area contributed by atoms with Crippen LogP contribution in [0.5, 0.6) is 0 Å². The molecule has 0 spiro atoms. The first kappa shape index (κ1) is 21.0. The number of nitrogens with one attached hydrogen (secondary N) is 2. The molecule has 0 aliphatic rings. The Labute approximate surface area is 146 Å². The van der Waals surface area contributed by atoms with Crippen molar-refractivity contribution in [3.63, 3.8) is 0 Å². The van der Waals surface area contributed by atoms with Crippen molar-refractivity contribution >= 4 is 29.9 Å². The highest BCUT2D eigenvalue weighted by Gasteiger charge is 2.29. The van der Waals surface area contributed by atoms with Crippen molar-refractivity contribution in [3.8, 4) is 0 Å². The van der Waals surface area contributed by atoms with Crippen LogP contribution in [-0.4, -0.2) is 18.5 Å². The highest BCUT2D eigenvalue weighted by atomic mass is 127. The third kappa shape index (κ3) is 7.33. The molecule has 0 saturated heterocycles. The van der Waals surface area contributed by atoms with Crippen LogP contribution in [0.15, 0.2) is 29.3 Å². The second-order valence-electron chi connectivity index (χ2n) is 4.84. The maximum atomic E-state index is 12.5. The van der Waals surface area contributed by atoms with Gasteiger partial charge in [0.05, 0.1) is 12.1 Å². The molecule has 0 heterocycles. The summed E-state index contributed by atoms with van der Waals surface area (Å²) in [5.41, 5.74) is 0.101. The summed E-state index contributed by atoms with van der Waals surface area (Å²) in [6, 6.07) is 5.37. The van der Waals surface area contributed by atoms with E-state index in [2.05, 4.69) is 22.5 Å². The zero-order valence-corrected chi connectivity index (χ0v) is 15.3. The van der Waals surface area contributed by atoms with Crippen LogP contribution >= 0.6 is 24.0 Å². The summed E-state index contributed by atoms with van der Waals surface area (Å²) in [4.78, 5) is 4.38. The van der Waals surface area contributed by atoms with Gasteiger partial charge in [0.25, 0.3) is 0 Å². The first-order valence-electron chi connectivity index (χ1n) is 7.07. The molecular weight excluding hydrogens is 406 g/mol. The average Bonchev–Trinajstić information content (AvgIpc) is 2.44. The first-order valence-corrected chi connectivity index (χ1v) is 7.07. The Kier molecular flexibility index (Phi) is 9.47. The molecule has 0 saturated carbocycles. The van der Waals surface area contributed by atoms with Crippen LogP contribution in [0.2, 0.25) is 0 Å². The van der Waals surface area contributed by atoms with E-state index in [0.717, 1.165) is 30.7 Å². The fraction of sp³-hybridized carbons (Fsp3) is 0.533. The zero-order valence-electron chi connectivity index (χ0n) is 13.0. The summed E-state index contributed by atoms with van der Waals surface area (Å²) in [6.45, 7) is 7.15. The number of aliphatic imine (C=N–C) groups is 1. The molecule has 0 radical (unpaired) electrons. The minimum absolute atomic E-state index is 0. The SMILES string of the molecule is CCNC(=NCc1ccc(C(F)(F)F)cc1)NC(C)CC.I. The average molecular weight is 429 g/mol. The van der Waals surface area contributed by atoms with E-state index in [4.69, 9.17) is 0 Å². The van der Waals surface area contributed by atoms with Gasteiger partial charge in [0.1, 0.15) is 0 Å². The summed E-state index contributed by atoms with van der Waals surface area (Å²) in [7, 11) is 0. The van der Waals surface area contributed by atoms with E-state index >= 15 is 0 Å². The van der Waals surface area contributed by atoms with Crippen LogP contribution in [0.25, 0.3) is 0 Å². The smallest absolute Gasteiger partial charge is 0.357 e. The number of guanidine groups is 1. The predicted octanol–water partition coefficient (Wildman–Crippen LogP) is 4.18. The van der Waals surface area contributed by atoms with E-state index in [9.17, 15) is 13.2 Å². The van der Waals surface area contributed by atoms with Gasteiger partial charge in [0, 0.05) is 12.6 Å². The lowest BCUT2D eigenvalue weighted by atomic mass is 10.1. The Morgan fingerprint density at radius 3 is 2.23 bits per heavy atom. The Hall–Kier alpha value is -0.990. The van der Waals surface area contributed by atoms with Gasteiger partial charge in [-0.1, -0.05) is 19.1 Å². The minimum atomic E-state index is -4.30. The first-order chi connectivity index (χ1) is 9.86. The molecule has 1 unspecified atom stereocenters. The molecule has 7 heteroatoms. The molecule has 1 rings (SSSR count). The summed E-state index contributed by atoms with van der Waals surface area (Å²) in [5, 5.41) is 6.34. The monoisotopic (exact) mass is 429 g/mol. The van der Waals surface area contributed by atoms with Crippen LogP contribution in [0, 0.1) is 0 Å². The van der Waals surface area contributed by atoms with Crippen molar-refractivity contribution in [2.24, 2.45) is 4.99 Å². The normalized spacial score (nSPS) is 13.3. The molecule has 1 aromatic rings. The second-order valence-corrected chi connectivity index (χ2v) is 4.84. The Bertz CT molecular complexity index is 458. The quantitative estimate of drug-likeness (QED) is 0.419. The lowest BCUT2D eigenvalue weighted by Gasteiger charge is -2.16. The van der Waals surface area contributed by atoms with E-state index in [1.165, 1.54) is 12.1 Å². The molecule has 2 N–H and O–H groups in total. The van der Waals surface area contributed by atoms with Crippen molar-refractivity contribution in [1.29, 1.82) is 0 Å². The van der Waals surface area contributed by atoms with Crippen LogP contribution in [-0.2, 0) is 12.7 Å². The number of rotatable bonds is 5. The van der Waals surface area contributed by atoms with Crippen molar-refractivity contribution in [2.45, 2.75) is 46.0 Å². The van der Waals surface area contributed by atoms with E-state index in [1.54, 1.807) is 0 Å². The van der Waals surface area contributed by atoms with Gasteiger partial charge in [-0.05, 0) is 38.0 Å².